The lowest BCUT2D eigenvalue weighted by Gasteiger charge is -2.31. The van der Waals surface area contributed by atoms with Gasteiger partial charge in [-0.2, -0.15) is 0 Å². The molecule has 1 atom stereocenters. The summed E-state index contributed by atoms with van der Waals surface area (Å²) in [6.45, 7) is 5.91. The van der Waals surface area contributed by atoms with Crippen molar-refractivity contribution in [2.24, 2.45) is 4.99 Å². The molecule has 37 heavy (non-hydrogen) atoms. The summed E-state index contributed by atoms with van der Waals surface area (Å²) >= 11 is 1.41. The molecule has 6 nitrogen and oxygen atoms in total. The first-order chi connectivity index (χ1) is 18.1. The number of benzene rings is 2. The first-order valence-corrected chi connectivity index (χ1v) is 13.5. The molecule has 0 N–H and O–H groups in total. The van der Waals surface area contributed by atoms with Crippen LogP contribution in [0.5, 0.6) is 5.75 Å². The van der Waals surface area contributed by atoms with Gasteiger partial charge in [0.25, 0.3) is 5.56 Å². The van der Waals surface area contributed by atoms with Crippen molar-refractivity contribution in [3.63, 3.8) is 0 Å². The van der Waals surface area contributed by atoms with Gasteiger partial charge in [-0.25, -0.2) is 4.99 Å². The van der Waals surface area contributed by atoms with E-state index in [1.54, 1.807) is 7.11 Å². The molecule has 7 heteroatoms. The lowest BCUT2D eigenvalue weighted by molar-refractivity contribution is 0.402. The predicted octanol–water partition coefficient (Wildman–Crippen LogP) is 4.77. The Morgan fingerprint density at radius 2 is 1.86 bits per heavy atom. The molecule has 2 aromatic carbocycles. The molecule has 2 aromatic heterocycles. The van der Waals surface area contributed by atoms with Crippen molar-refractivity contribution < 1.29 is 9.15 Å². The predicted molar refractivity (Wildman–Crippen MR) is 148 cm³/mol. The van der Waals surface area contributed by atoms with Crippen LogP contribution < -0.4 is 24.5 Å². The van der Waals surface area contributed by atoms with Crippen LogP contribution in [0.25, 0.3) is 11.8 Å². The van der Waals surface area contributed by atoms with Gasteiger partial charge in [0.05, 0.1) is 23.4 Å². The van der Waals surface area contributed by atoms with Crippen LogP contribution in [0.3, 0.4) is 0 Å². The molecular weight excluding hydrogens is 482 g/mol. The van der Waals surface area contributed by atoms with Crippen LogP contribution in [0, 0.1) is 0 Å². The van der Waals surface area contributed by atoms with E-state index in [4.69, 9.17) is 14.1 Å². The highest BCUT2D eigenvalue weighted by molar-refractivity contribution is 7.07. The third kappa shape index (κ3) is 3.94. The number of thiazole rings is 1. The minimum Gasteiger partial charge on any atom is -0.496 e. The molecular formula is C30H29N3O3S. The molecule has 0 saturated heterocycles. The van der Waals surface area contributed by atoms with E-state index in [-0.39, 0.29) is 11.6 Å². The van der Waals surface area contributed by atoms with Gasteiger partial charge < -0.3 is 14.1 Å². The standard InChI is InChI=1S/C30H29N3O3S/c1-4-32(5-2)26-17-15-20(36-26)18-25-29(34)33-28(22-12-8-9-13-24(22)35-3)23-16-14-19-10-6-7-11-21(19)27(23)31-30(33)37-25/h6-13,15,17-18,28H,4-5,14,16H2,1-3H3/b25-18-/t28-/m0/s1. The average Bonchev–Trinajstić information content (AvgIpc) is 3.52. The quantitative estimate of drug-likeness (QED) is 0.374. The van der Waals surface area contributed by atoms with Crippen LogP contribution >= 0.6 is 11.3 Å². The highest BCUT2D eigenvalue weighted by Crippen LogP contribution is 2.43. The number of aryl methyl sites for hydroxylation is 1. The van der Waals surface area contributed by atoms with Crippen LogP contribution in [-0.4, -0.2) is 24.8 Å². The van der Waals surface area contributed by atoms with Gasteiger partial charge in [0.2, 0.25) is 0 Å². The zero-order valence-electron chi connectivity index (χ0n) is 21.2. The third-order valence-corrected chi connectivity index (χ3v) is 8.25. The van der Waals surface area contributed by atoms with Crippen LogP contribution in [0.1, 0.15) is 48.8 Å². The second-order valence-electron chi connectivity index (χ2n) is 9.20. The molecule has 2 aliphatic rings. The minimum atomic E-state index is -0.277. The summed E-state index contributed by atoms with van der Waals surface area (Å²) in [6.07, 6.45) is 3.60. The number of hydrogen-bond donors (Lipinski definition) is 0. The Balaban J connectivity index is 1.57. The van der Waals surface area contributed by atoms with E-state index in [1.807, 2.05) is 41.0 Å². The van der Waals surface area contributed by atoms with Gasteiger partial charge in [0.1, 0.15) is 11.5 Å². The molecule has 188 valence electrons. The second-order valence-corrected chi connectivity index (χ2v) is 10.2. The van der Waals surface area contributed by atoms with Gasteiger partial charge in [0, 0.05) is 36.4 Å². The molecule has 0 unspecified atom stereocenters. The van der Waals surface area contributed by atoms with Crippen molar-refractivity contribution >= 4 is 29.0 Å². The van der Waals surface area contributed by atoms with Crippen molar-refractivity contribution in [2.75, 3.05) is 25.1 Å². The topological polar surface area (TPSA) is 60.0 Å². The second kappa shape index (κ2) is 9.56. The Kier molecular flexibility index (Phi) is 6.08. The largest absolute Gasteiger partial charge is 0.496 e. The summed E-state index contributed by atoms with van der Waals surface area (Å²) in [5, 5.41) is 0. The number of hydrogen-bond acceptors (Lipinski definition) is 6. The molecule has 0 radical (unpaired) electrons. The number of ether oxygens (including phenoxy) is 1. The van der Waals surface area contributed by atoms with Gasteiger partial charge in [-0.3, -0.25) is 9.36 Å². The average molecular weight is 512 g/mol. The molecule has 4 aromatic rings. The molecule has 0 spiro atoms. The number of para-hydroxylation sites is 1. The molecule has 1 aliphatic heterocycles. The molecule has 6 rings (SSSR count). The maximum absolute atomic E-state index is 13.9. The molecule has 0 saturated carbocycles. The first kappa shape index (κ1) is 23.6. The van der Waals surface area contributed by atoms with Gasteiger partial charge in [0.15, 0.2) is 10.7 Å². The Morgan fingerprint density at radius 1 is 1.08 bits per heavy atom. The molecule has 3 heterocycles. The molecule has 0 bridgehead atoms. The maximum Gasteiger partial charge on any atom is 0.271 e. The van der Waals surface area contributed by atoms with E-state index < -0.39 is 0 Å². The number of aromatic nitrogens is 1. The lowest BCUT2D eigenvalue weighted by Crippen LogP contribution is -2.38. The zero-order chi connectivity index (χ0) is 25.5. The van der Waals surface area contributed by atoms with E-state index in [9.17, 15) is 4.79 Å². The smallest absolute Gasteiger partial charge is 0.271 e. The van der Waals surface area contributed by atoms with E-state index >= 15 is 0 Å². The Labute approximate surface area is 219 Å². The highest BCUT2D eigenvalue weighted by Gasteiger charge is 2.34. The summed E-state index contributed by atoms with van der Waals surface area (Å²) in [6, 6.07) is 20.0. The Bertz CT molecular complexity index is 1690. The van der Waals surface area contributed by atoms with Crippen molar-refractivity contribution in [1.82, 2.24) is 4.57 Å². The number of rotatable bonds is 6. The lowest BCUT2D eigenvalue weighted by atomic mass is 9.83. The van der Waals surface area contributed by atoms with E-state index in [0.29, 0.717) is 15.1 Å². The van der Waals surface area contributed by atoms with Gasteiger partial charge in [-0.15, -0.1) is 0 Å². The summed E-state index contributed by atoms with van der Waals surface area (Å²) in [5.74, 6) is 2.24. The molecule has 0 fully saturated rings. The number of anilines is 1. The van der Waals surface area contributed by atoms with Gasteiger partial charge >= 0.3 is 0 Å². The molecule has 0 amide bonds. The van der Waals surface area contributed by atoms with E-state index in [2.05, 4.69) is 49.1 Å². The van der Waals surface area contributed by atoms with E-state index in [0.717, 1.165) is 60.0 Å². The van der Waals surface area contributed by atoms with Gasteiger partial charge in [-0.05, 0) is 50.0 Å². The summed E-state index contributed by atoms with van der Waals surface area (Å²) < 4.78 is 14.3. The van der Waals surface area contributed by atoms with Gasteiger partial charge in [-0.1, -0.05) is 53.8 Å². The number of allylic oxidation sites excluding steroid dienone is 1. The number of methoxy groups -OCH3 is 1. The summed E-state index contributed by atoms with van der Waals surface area (Å²) in [4.78, 5) is 21.9. The van der Waals surface area contributed by atoms with Crippen LogP contribution in [-0.2, 0) is 6.42 Å². The highest BCUT2D eigenvalue weighted by atomic mass is 32.1. The fraction of sp³-hybridized carbons (Fsp3) is 0.267. The maximum atomic E-state index is 13.9. The van der Waals surface area contributed by atoms with Crippen LogP contribution in [0.4, 0.5) is 5.88 Å². The first-order valence-electron chi connectivity index (χ1n) is 12.7. The van der Waals surface area contributed by atoms with Crippen LogP contribution in [0.15, 0.2) is 80.4 Å². The number of furan rings is 1. The minimum absolute atomic E-state index is 0.0640. The fourth-order valence-corrected chi connectivity index (χ4v) is 6.43. The summed E-state index contributed by atoms with van der Waals surface area (Å²) in [5.41, 5.74) is 5.49. The third-order valence-electron chi connectivity index (χ3n) is 7.27. The number of fused-ring (bicyclic) bond motifs is 3. The van der Waals surface area contributed by atoms with Crippen LogP contribution in [0.2, 0.25) is 0 Å². The fourth-order valence-electron chi connectivity index (χ4n) is 5.45. The normalized spacial score (nSPS) is 16.6. The monoisotopic (exact) mass is 511 g/mol. The van der Waals surface area contributed by atoms with Crippen molar-refractivity contribution in [3.8, 4) is 5.75 Å². The molecule has 1 aliphatic carbocycles. The number of nitrogens with zero attached hydrogens (tertiary/aromatic N) is 3. The SMILES string of the molecule is CCN(CC)c1ccc(/C=c2\sc3n(c2=O)[C@@H](c2ccccc2OC)C2=C(N=3)c3ccccc3CC2)o1. The Morgan fingerprint density at radius 3 is 2.68 bits per heavy atom. The van der Waals surface area contributed by atoms with Crippen molar-refractivity contribution in [2.45, 2.75) is 32.7 Å². The van der Waals surface area contributed by atoms with E-state index in [1.165, 1.54) is 16.9 Å². The Hall–Kier alpha value is -3.84. The van der Waals surface area contributed by atoms with Crippen molar-refractivity contribution in [3.05, 3.63) is 108 Å². The van der Waals surface area contributed by atoms with Crippen molar-refractivity contribution in [1.29, 1.82) is 0 Å². The summed E-state index contributed by atoms with van der Waals surface area (Å²) in [7, 11) is 1.68. The zero-order valence-corrected chi connectivity index (χ0v) is 22.0.